The maximum absolute atomic E-state index is 15.2. The number of aliphatic carboxylic acids is 1. The van der Waals surface area contributed by atoms with Crippen molar-refractivity contribution >= 4 is 29.6 Å². The number of rotatable bonds is 5. The van der Waals surface area contributed by atoms with E-state index in [1.807, 2.05) is 78.9 Å². The molecule has 7 aliphatic rings. The van der Waals surface area contributed by atoms with Crippen LogP contribution in [0.5, 0.6) is 0 Å². The molecule has 1 N–H and O–H groups in total. The predicted molar refractivity (Wildman–Crippen MR) is 185 cm³/mol. The van der Waals surface area contributed by atoms with Crippen molar-refractivity contribution in [1.29, 1.82) is 0 Å². The summed E-state index contributed by atoms with van der Waals surface area (Å²) < 4.78 is 6.44. The second-order valence-electron chi connectivity index (χ2n) is 15.6. The van der Waals surface area contributed by atoms with Crippen molar-refractivity contribution in [3.8, 4) is 0 Å². The molecular formula is C41H43N3O6. The van der Waals surface area contributed by atoms with E-state index >= 15 is 4.79 Å². The molecule has 10 rings (SSSR count). The summed E-state index contributed by atoms with van der Waals surface area (Å²) >= 11 is 0. The molecule has 3 aromatic carbocycles. The molecule has 4 atom stereocenters. The Morgan fingerprint density at radius 3 is 1.96 bits per heavy atom. The summed E-state index contributed by atoms with van der Waals surface area (Å²) in [5, 5.41) is 10.3. The molecule has 258 valence electrons. The minimum absolute atomic E-state index is 0.132. The number of carboxylic acid groups (broad SMARTS) is 1. The van der Waals surface area contributed by atoms with Gasteiger partial charge in [0.25, 0.3) is 0 Å². The highest BCUT2D eigenvalue weighted by Crippen LogP contribution is 2.55. The topological polar surface area (TPSA) is 107 Å². The number of hydrogen-bond donors (Lipinski definition) is 1. The Balaban J connectivity index is 1.05. The molecule has 0 aromatic heterocycles. The molecule has 3 aromatic rings. The summed E-state index contributed by atoms with van der Waals surface area (Å²) in [7, 11) is 0. The van der Waals surface area contributed by atoms with Crippen LogP contribution in [0.3, 0.4) is 0 Å². The van der Waals surface area contributed by atoms with Gasteiger partial charge >= 0.3 is 12.1 Å². The van der Waals surface area contributed by atoms with Crippen molar-refractivity contribution in [3.05, 3.63) is 101 Å². The second kappa shape index (κ2) is 12.3. The van der Waals surface area contributed by atoms with Crippen LogP contribution in [0.4, 0.5) is 10.5 Å². The van der Waals surface area contributed by atoms with E-state index < -0.39 is 36.2 Å². The minimum atomic E-state index is -1.06. The molecule has 4 aliphatic carbocycles. The molecule has 9 nitrogen and oxygen atoms in total. The van der Waals surface area contributed by atoms with Gasteiger partial charge < -0.3 is 19.6 Å². The van der Waals surface area contributed by atoms with Gasteiger partial charge in [0.15, 0.2) is 0 Å². The van der Waals surface area contributed by atoms with Crippen LogP contribution >= 0.6 is 0 Å². The first kappa shape index (κ1) is 31.3. The van der Waals surface area contributed by atoms with E-state index in [0.717, 1.165) is 59.8 Å². The lowest BCUT2D eigenvalue weighted by molar-refractivity contribution is -0.155. The number of fused-ring (bicyclic) bond motifs is 2. The molecule has 4 saturated carbocycles. The van der Waals surface area contributed by atoms with Crippen molar-refractivity contribution in [3.63, 3.8) is 0 Å². The van der Waals surface area contributed by atoms with Crippen LogP contribution in [0.25, 0.3) is 0 Å². The Kier molecular flexibility index (Phi) is 7.70. The van der Waals surface area contributed by atoms with Crippen molar-refractivity contribution in [2.75, 3.05) is 4.90 Å². The third-order valence-corrected chi connectivity index (χ3v) is 12.8. The second-order valence-corrected chi connectivity index (χ2v) is 15.6. The minimum Gasteiger partial charge on any atom is -0.480 e. The Hall–Kier alpha value is -4.66. The number of benzene rings is 3. The smallest absolute Gasteiger partial charge is 0.415 e. The number of carbonyl (C=O) groups excluding carboxylic acids is 3. The van der Waals surface area contributed by atoms with Crippen LogP contribution in [0.15, 0.2) is 78.9 Å². The van der Waals surface area contributed by atoms with Gasteiger partial charge in [-0.3, -0.25) is 14.5 Å². The normalized spacial score (nSPS) is 32.1. The lowest BCUT2D eigenvalue weighted by Gasteiger charge is -2.53. The highest BCUT2D eigenvalue weighted by Gasteiger charge is 2.53. The molecule has 0 spiro atoms. The molecular weight excluding hydrogens is 630 g/mol. The van der Waals surface area contributed by atoms with Gasteiger partial charge in [-0.1, -0.05) is 72.8 Å². The zero-order valence-electron chi connectivity index (χ0n) is 28.1. The lowest BCUT2D eigenvalue weighted by Crippen LogP contribution is -2.58. The molecule has 1 saturated heterocycles. The lowest BCUT2D eigenvalue weighted by atomic mass is 9.55. The summed E-state index contributed by atoms with van der Waals surface area (Å²) in [6.07, 6.45) is 6.60. The van der Waals surface area contributed by atoms with Crippen molar-refractivity contribution in [2.24, 2.45) is 23.7 Å². The summed E-state index contributed by atoms with van der Waals surface area (Å²) in [4.78, 5) is 61.4. The first-order valence-electron chi connectivity index (χ1n) is 18.4. The molecule has 3 heterocycles. The first-order chi connectivity index (χ1) is 24.3. The SMILES string of the molecule is O=C(O)C1Cc2ccccc2CN1C(=O)C1CCC(c2ccccc2)N1C(=O)C1Cc2ccccc2N1C(=O)OC1C2CC3CC(C2)CC1C3. The number of hydrogen-bond acceptors (Lipinski definition) is 5. The summed E-state index contributed by atoms with van der Waals surface area (Å²) in [5.41, 5.74) is 4.32. The van der Waals surface area contributed by atoms with Crippen LogP contribution in [-0.2, 0) is 38.5 Å². The average molecular weight is 674 g/mol. The number of anilines is 1. The number of para-hydroxylation sites is 1. The molecule has 3 amide bonds. The zero-order valence-corrected chi connectivity index (χ0v) is 28.1. The number of ether oxygens (including phenoxy) is 1. The van der Waals surface area contributed by atoms with Gasteiger partial charge in [-0.15, -0.1) is 0 Å². The Morgan fingerprint density at radius 2 is 1.26 bits per heavy atom. The third-order valence-electron chi connectivity index (χ3n) is 12.8. The molecule has 4 bridgehead atoms. The molecule has 50 heavy (non-hydrogen) atoms. The zero-order chi connectivity index (χ0) is 34.1. The summed E-state index contributed by atoms with van der Waals surface area (Å²) in [6, 6.07) is 21.8. The van der Waals surface area contributed by atoms with Crippen molar-refractivity contribution < 1.29 is 29.0 Å². The van der Waals surface area contributed by atoms with E-state index in [9.17, 15) is 19.5 Å². The number of nitrogens with zero attached hydrogens (tertiary/aromatic N) is 3. The van der Waals surface area contributed by atoms with E-state index in [-0.39, 0.29) is 30.9 Å². The molecule has 0 radical (unpaired) electrons. The van der Waals surface area contributed by atoms with Crippen molar-refractivity contribution in [2.45, 2.75) is 94.6 Å². The highest BCUT2D eigenvalue weighted by atomic mass is 16.6. The van der Waals surface area contributed by atoms with Gasteiger partial charge in [0.1, 0.15) is 24.2 Å². The van der Waals surface area contributed by atoms with E-state index in [2.05, 4.69) is 0 Å². The third kappa shape index (κ3) is 5.19. The highest BCUT2D eigenvalue weighted by molar-refractivity contribution is 6.02. The van der Waals surface area contributed by atoms with Crippen LogP contribution in [-0.4, -0.2) is 63.0 Å². The molecule has 4 unspecified atom stereocenters. The van der Waals surface area contributed by atoms with E-state index in [1.165, 1.54) is 11.3 Å². The van der Waals surface area contributed by atoms with Crippen LogP contribution < -0.4 is 4.90 Å². The Labute approximate surface area is 292 Å². The fourth-order valence-corrected chi connectivity index (χ4v) is 10.8. The monoisotopic (exact) mass is 673 g/mol. The number of likely N-dealkylation sites (tertiary alicyclic amines) is 1. The Morgan fingerprint density at radius 1 is 0.640 bits per heavy atom. The fraction of sp³-hybridized carbons (Fsp3) is 0.463. The van der Waals surface area contributed by atoms with Gasteiger partial charge in [0.05, 0.1) is 11.7 Å². The maximum Gasteiger partial charge on any atom is 0.415 e. The fourth-order valence-electron chi connectivity index (χ4n) is 10.8. The van der Waals surface area contributed by atoms with E-state index in [0.29, 0.717) is 36.8 Å². The molecule has 9 heteroatoms. The van der Waals surface area contributed by atoms with E-state index in [1.54, 1.807) is 9.80 Å². The Bertz CT molecular complexity index is 1820. The standard InChI is InChI=1S/C41H43N3O6/c45-38(42-23-29-12-5-4-10-27(29)21-36(42)40(47)48)34-15-14-33(26-8-2-1-3-9-26)43(34)39(46)35-22-28-11-6-7-13-32(28)44(35)41(49)50-37-30-17-24-16-25(19-30)20-31(37)18-24/h1-13,24-25,30-31,33-37H,14-23H2,(H,47,48). The number of carboxylic acids is 1. The maximum atomic E-state index is 15.2. The first-order valence-corrected chi connectivity index (χ1v) is 18.4. The van der Waals surface area contributed by atoms with Crippen LogP contribution in [0, 0.1) is 23.7 Å². The largest absolute Gasteiger partial charge is 0.480 e. The van der Waals surface area contributed by atoms with Gasteiger partial charge in [-0.25, -0.2) is 9.59 Å². The van der Waals surface area contributed by atoms with E-state index in [4.69, 9.17) is 4.74 Å². The van der Waals surface area contributed by atoms with Gasteiger partial charge in [0.2, 0.25) is 11.8 Å². The van der Waals surface area contributed by atoms with Gasteiger partial charge in [-0.05, 0) is 96.9 Å². The van der Waals surface area contributed by atoms with Crippen LogP contribution in [0.1, 0.15) is 73.2 Å². The molecule has 5 fully saturated rings. The quantitative estimate of drug-likeness (QED) is 0.348. The summed E-state index contributed by atoms with van der Waals surface area (Å²) in [5.74, 6) is 0.498. The van der Waals surface area contributed by atoms with Gasteiger partial charge in [-0.2, -0.15) is 0 Å². The predicted octanol–water partition coefficient (Wildman–Crippen LogP) is 6.15. The summed E-state index contributed by atoms with van der Waals surface area (Å²) in [6.45, 7) is 0.166. The number of carbonyl (C=O) groups is 4. The number of amides is 3. The average Bonchev–Trinajstić information content (AvgIpc) is 3.75. The van der Waals surface area contributed by atoms with Gasteiger partial charge in [0, 0.05) is 19.4 Å². The van der Waals surface area contributed by atoms with Crippen molar-refractivity contribution in [1.82, 2.24) is 9.80 Å². The van der Waals surface area contributed by atoms with Crippen LogP contribution in [0.2, 0.25) is 0 Å². The molecule has 3 aliphatic heterocycles.